The Morgan fingerprint density at radius 2 is 2.11 bits per heavy atom. The van der Waals surface area contributed by atoms with E-state index in [4.69, 9.17) is 0 Å². The summed E-state index contributed by atoms with van der Waals surface area (Å²) in [4.78, 5) is 4.48. The molecule has 0 bridgehead atoms. The molecular weight excluding hydrogens is 259 g/mol. The lowest BCUT2D eigenvalue weighted by atomic mass is 10.0. The SMILES string of the molecule is CCNC(Cc1nc(C)cs1)Cc1ccccc1F. The van der Waals surface area contributed by atoms with Gasteiger partial charge in [-0.1, -0.05) is 25.1 Å². The molecule has 1 aromatic heterocycles. The van der Waals surface area contributed by atoms with E-state index in [-0.39, 0.29) is 11.9 Å². The third-order valence-corrected chi connectivity index (χ3v) is 3.99. The smallest absolute Gasteiger partial charge is 0.126 e. The van der Waals surface area contributed by atoms with Crippen molar-refractivity contribution in [3.63, 3.8) is 0 Å². The first-order chi connectivity index (χ1) is 9.19. The molecule has 0 aliphatic heterocycles. The Labute approximate surface area is 117 Å². The molecule has 0 radical (unpaired) electrons. The minimum atomic E-state index is -0.124. The lowest BCUT2D eigenvalue weighted by molar-refractivity contribution is 0.505. The number of hydrogen-bond donors (Lipinski definition) is 1. The van der Waals surface area contributed by atoms with E-state index >= 15 is 0 Å². The van der Waals surface area contributed by atoms with Gasteiger partial charge in [0.05, 0.1) is 5.01 Å². The highest BCUT2D eigenvalue weighted by Gasteiger charge is 2.13. The van der Waals surface area contributed by atoms with Gasteiger partial charge in [0.25, 0.3) is 0 Å². The molecule has 102 valence electrons. The molecule has 4 heteroatoms. The zero-order chi connectivity index (χ0) is 13.7. The highest BCUT2D eigenvalue weighted by Crippen LogP contribution is 2.15. The zero-order valence-corrected chi connectivity index (χ0v) is 12.1. The summed E-state index contributed by atoms with van der Waals surface area (Å²) in [7, 11) is 0. The second-order valence-electron chi connectivity index (χ2n) is 4.64. The van der Waals surface area contributed by atoms with Gasteiger partial charge in [-0.25, -0.2) is 9.37 Å². The Hall–Kier alpha value is -1.26. The first-order valence-corrected chi connectivity index (χ1v) is 7.44. The summed E-state index contributed by atoms with van der Waals surface area (Å²) < 4.78 is 13.7. The van der Waals surface area contributed by atoms with Crippen molar-refractivity contribution < 1.29 is 4.39 Å². The largest absolute Gasteiger partial charge is 0.314 e. The number of hydrogen-bond acceptors (Lipinski definition) is 3. The molecule has 1 aromatic carbocycles. The van der Waals surface area contributed by atoms with E-state index in [9.17, 15) is 4.39 Å². The van der Waals surface area contributed by atoms with E-state index < -0.39 is 0 Å². The minimum Gasteiger partial charge on any atom is -0.314 e. The van der Waals surface area contributed by atoms with Crippen LogP contribution in [0, 0.1) is 12.7 Å². The number of nitrogens with one attached hydrogen (secondary N) is 1. The predicted octanol–water partition coefficient (Wildman–Crippen LogP) is 3.35. The van der Waals surface area contributed by atoms with Crippen LogP contribution in [0.2, 0.25) is 0 Å². The number of rotatable bonds is 6. The fourth-order valence-corrected chi connectivity index (χ4v) is 3.00. The Morgan fingerprint density at radius 1 is 1.32 bits per heavy atom. The summed E-state index contributed by atoms with van der Waals surface area (Å²) in [6, 6.07) is 7.21. The van der Waals surface area contributed by atoms with E-state index in [2.05, 4.69) is 22.6 Å². The summed E-state index contributed by atoms with van der Waals surface area (Å²) in [5.41, 5.74) is 1.82. The van der Waals surface area contributed by atoms with Gasteiger partial charge in [0.2, 0.25) is 0 Å². The molecule has 1 unspecified atom stereocenters. The molecule has 2 aromatic rings. The van der Waals surface area contributed by atoms with Gasteiger partial charge in [-0.15, -0.1) is 11.3 Å². The fraction of sp³-hybridized carbons (Fsp3) is 0.400. The van der Waals surface area contributed by atoms with E-state index in [0.29, 0.717) is 6.42 Å². The van der Waals surface area contributed by atoms with Crippen LogP contribution in [-0.4, -0.2) is 17.6 Å². The number of benzene rings is 1. The Kier molecular flexibility index (Phi) is 5.05. The van der Waals surface area contributed by atoms with Crippen molar-refractivity contribution in [2.24, 2.45) is 0 Å². The monoisotopic (exact) mass is 278 g/mol. The average molecular weight is 278 g/mol. The van der Waals surface area contributed by atoms with Crippen molar-refractivity contribution >= 4 is 11.3 Å². The van der Waals surface area contributed by atoms with E-state index in [1.54, 1.807) is 17.4 Å². The molecule has 0 amide bonds. The molecule has 2 nitrogen and oxygen atoms in total. The van der Waals surface area contributed by atoms with Crippen LogP contribution >= 0.6 is 11.3 Å². The van der Waals surface area contributed by atoms with Crippen molar-refractivity contribution in [3.05, 3.63) is 51.7 Å². The maximum absolute atomic E-state index is 13.7. The third kappa shape index (κ3) is 4.11. The summed E-state index contributed by atoms with van der Waals surface area (Å²) in [5, 5.41) is 6.58. The average Bonchev–Trinajstić information content (AvgIpc) is 2.78. The molecule has 1 atom stereocenters. The van der Waals surface area contributed by atoms with Crippen molar-refractivity contribution in [1.29, 1.82) is 0 Å². The van der Waals surface area contributed by atoms with Crippen LogP contribution in [0.15, 0.2) is 29.6 Å². The number of aromatic nitrogens is 1. The molecule has 0 spiro atoms. The molecular formula is C15H19FN2S. The van der Waals surface area contributed by atoms with Crippen LogP contribution in [0.1, 0.15) is 23.2 Å². The first kappa shape index (κ1) is 14.2. The Bertz CT molecular complexity index is 524. The van der Waals surface area contributed by atoms with Crippen LogP contribution in [-0.2, 0) is 12.8 Å². The summed E-state index contributed by atoms with van der Waals surface area (Å²) in [6.07, 6.45) is 1.54. The van der Waals surface area contributed by atoms with Crippen molar-refractivity contribution in [1.82, 2.24) is 10.3 Å². The second-order valence-corrected chi connectivity index (χ2v) is 5.58. The lowest BCUT2D eigenvalue weighted by Crippen LogP contribution is -2.33. The van der Waals surface area contributed by atoms with Gasteiger partial charge in [-0.2, -0.15) is 0 Å². The molecule has 1 heterocycles. The predicted molar refractivity (Wildman–Crippen MR) is 78.1 cm³/mol. The molecule has 0 saturated heterocycles. The molecule has 0 fully saturated rings. The van der Waals surface area contributed by atoms with Gasteiger partial charge >= 0.3 is 0 Å². The number of aryl methyl sites for hydroxylation is 1. The third-order valence-electron chi connectivity index (χ3n) is 3.00. The van der Waals surface area contributed by atoms with E-state index in [1.165, 1.54) is 6.07 Å². The van der Waals surface area contributed by atoms with E-state index in [0.717, 1.165) is 29.2 Å². The van der Waals surface area contributed by atoms with Gasteiger partial charge in [-0.05, 0) is 31.5 Å². The maximum Gasteiger partial charge on any atom is 0.126 e. The van der Waals surface area contributed by atoms with Gasteiger partial charge in [0.1, 0.15) is 5.82 Å². The molecule has 1 N–H and O–H groups in total. The number of likely N-dealkylation sites (N-methyl/N-ethyl adjacent to an activating group) is 1. The zero-order valence-electron chi connectivity index (χ0n) is 11.3. The minimum absolute atomic E-state index is 0.124. The quantitative estimate of drug-likeness (QED) is 0.876. The van der Waals surface area contributed by atoms with Gasteiger partial charge in [0.15, 0.2) is 0 Å². The Morgan fingerprint density at radius 3 is 2.74 bits per heavy atom. The Balaban J connectivity index is 2.06. The highest BCUT2D eigenvalue weighted by molar-refractivity contribution is 7.09. The molecule has 2 rings (SSSR count). The topological polar surface area (TPSA) is 24.9 Å². The molecule has 0 aliphatic carbocycles. The summed E-state index contributed by atoms with van der Waals surface area (Å²) >= 11 is 1.67. The number of nitrogens with zero attached hydrogens (tertiary/aromatic N) is 1. The maximum atomic E-state index is 13.7. The second kappa shape index (κ2) is 6.78. The molecule has 0 aliphatic rings. The van der Waals surface area contributed by atoms with Crippen LogP contribution in [0.25, 0.3) is 0 Å². The van der Waals surface area contributed by atoms with Crippen LogP contribution in [0.3, 0.4) is 0 Å². The fourth-order valence-electron chi connectivity index (χ4n) is 2.14. The van der Waals surface area contributed by atoms with Crippen molar-refractivity contribution in [2.45, 2.75) is 32.7 Å². The normalized spacial score (nSPS) is 12.6. The van der Waals surface area contributed by atoms with Crippen LogP contribution in [0.4, 0.5) is 4.39 Å². The van der Waals surface area contributed by atoms with Gasteiger partial charge in [-0.3, -0.25) is 0 Å². The van der Waals surface area contributed by atoms with Crippen molar-refractivity contribution in [2.75, 3.05) is 6.54 Å². The summed E-state index contributed by atoms with van der Waals surface area (Å²) in [5.74, 6) is -0.124. The summed E-state index contributed by atoms with van der Waals surface area (Å²) in [6.45, 7) is 4.95. The van der Waals surface area contributed by atoms with Crippen molar-refractivity contribution in [3.8, 4) is 0 Å². The molecule has 0 saturated carbocycles. The van der Waals surface area contributed by atoms with Gasteiger partial charge < -0.3 is 5.32 Å². The molecule has 19 heavy (non-hydrogen) atoms. The standard InChI is InChI=1S/C15H19FN2S/c1-3-17-13(9-15-18-11(2)10-19-15)8-12-6-4-5-7-14(12)16/h4-7,10,13,17H,3,8-9H2,1-2H3. The number of thiazole rings is 1. The van der Waals surface area contributed by atoms with Crippen LogP contribution in [0.5, 0.6) is 0 Å². The van der Waals surface area contributed by atoms with E-state index in [1.807, 2.05) is 19.1 Å². The lowest BCUT2D eigenvalue weighted by Gasteiger charge is -2.17. The van der Waals surface area contributed by atoms with Crippen LogP contribution < -0.4 is 5.32 Å². The highest BCUT2D eigenvalue weighted by atomic mass is 32.1. The van der Waals surface area contributed by atoms with Gasteiger partial charge in [0, 0.05) is 23.5 Å². The number of halogens is 1. The first-order valence-electron chi connectivity index (χ1n) is 6.56.